The molecule has 24 heavy (non-hydrogen) atoms. The summed E-state index contributed by atoms with van der Waals surface area (Å²) in [7, 11) is 0. The maximum atomic E-state index is 14.1. The quantitative estimate of drug-likeness (QED) is 0.722. The molecule has 9 heteroatoms. The van der Waals surface area contributed by atoms with Crippen LogP contribution in [0.15, 0.2) is 24.5 Å². The van der Waals surface area contributed by atoms with Crippen molar-refractivity contribution in [2.24, 2.45) is 0 Å². The Hall–Kier alpha value is -2.61. The van der Waals surface area contributed by atoms with E-state index in [1.54, 1.807) is 6.92 Å². The average Bonchev–Trinajstić information content (AvgIpc) is 3.02. The van der Waals surface area contributed by atoms with Gasteiger partial charge in [0, 0.05) is 5.56 Å². The Bertz CT molecular complexity index is 900. The van der Waals surface area contributed by atoms with Crippen LogP contribution >= 0.6 is 11.6 Å². The van der Waals surface area contributed by atoms with Crippen LogP contribution < -0.4 is 4.74 Å². The number of ether oxygens (including phenoxy) is 1. The van der Waals surface area contributed by atoms with Crippen molar-refractivity contribution in [1.29, 1.82) is 0 Å². The topological polar surface area (TPSA) is 65.7 Å². The summed E-state index contributed by atoms with van der Waals surface area (Å²) in [6.07, 6.45) is 2.92. The third-order valence-electron chi connectivity index (χ3n) is 3.33. The van der Waals surface area contributed by atoms with Gasteiger partial charge in [0.2, 0.25) is 0 Å². The molecule has 0 N–H and O–H groups in total. The Labute approximate surface area is 141 Å². The zero-order valence-corrected chi connectivity index (χ0v) is 13.6. The van der Waals surface area contributed by atoms with Crippen LogP contribution in [0.1, 0.15) is 17.0 Å². The summed E-state index contributed by atoms with van der Waals surface area (Å²) >= 11 is 5.84. The van der Waals surface area contributed by atoms with E-state index >= 15 is 0 Å². The van der Waals surface area contributed by atoms with E-state index in [1.165, 1.54) is 36.1 Å². The van der Waals surface area contributed by atoms with Crippen LogP contribution in [-0.4, -0.2) is 25.0 Å². The van der Waals surface area contributed by atoms with Crippen molar-refractivity contribution in [3.63, 3.8) is 0 Å². The molecular weight excluding hydrogens is 340 g/mol. The normalized spacial score (nSPS) is 10.9. The fraction of sp³-hybridized carbons (Fsp3) is 0.200. The largest absolute Gasteiger partial charge is 0.457 e. The lowest BCUT2D eigenvalue weighted by molar-refractivity contribution is 0.275. The Morgan fingerprint density at radius 1 is 1.25 bits per heavy atom. The molecule has 0 saturated carbocycles. The predicted octanol–water partition coefficient (Wildman–Crippen LogP) is 3.18. The van der Waals surface area contributed by atoms with Gasteiger partial charge < -0.3 is 4.74 Å². The van der Waals surface area contributed by atoms with Crippen LogP contribution in [0.3, 0.4) is 0 Å². The van der Waals surface area contributed by atoms with Gasteiger partial charge in [-0.2, -0.15) is 4.98 Å². The number of aryl methyl sites for hydroxylation is 1. The van der Waals surface area contributed by atoms with Crippen molar-refractivity contribution in [2.45, 2.75) is 20.5 Å². The maximum Gasteiger partial charge on any atom is 0.317 e. The standard InChI is InChI=1S/C15H12ClF2N5O/c1-8-12(17)3-4-13(14(8)18)23-6-10(21-22-23)7-24-15-19-5-11(16)9(2)20-15/h3-6H,7H2,1-2H3. The van der Waals surface area contributed by atoms with Crippen molar-refractivity contribution in [3.8, 4) is 11.7 Å². The molecule has 0 aliphatic heterocycles. The van der Waals surface area contributed by atoms with Gasteiger partial charge in [-0.25, -0.2) is 18.4 Å². The lowest BCUT2D eigenvalue weighted by Gasteiger charge is -2.05. The van der Waals surface area contributed by atoms with E-state index in [2.05, 4.69) is 20.3 Å². The first-order valence-corrected chi connectivity index (χ1v) is 7.31. The lowest BCUT2D eigenvalue weighted by Crippen LogP contribution is -2.02. The van der Waals surface area contributed by atoms with Crippen LogP contribution in [0.5, 0.6) is 6.01 Å². The number of nitrogens with zero attached hydrogens (tertiary/aromatic N) is 5. The summed E-state index contributed by atoms with van der Waals surface area (Å²) in [6, 6.07) is 2.62. The molecule has 1 aromatic carbocycles. The fourth-order valence-electron chi connectivity index (χ4n) is 1.95. The molecule has 0 spiro atoms. The number of aromatic nitrogens is 5. The Morgan fingerprint density at radius 2 is 2.04 bits per heavy atom. The molecule has 2 heterocycles. The van der Waals surface area contributed by atoms with Gasteiger partial charge in [-0.1, -0.05) is 16.8 Å². The van der Waals surface area contributed by atoms with Crippen LogP contribution in [0.4, 0.5) is 8.78 Å². The minimum absolute atomic E-state index is 0.0445. The highest BCUT2D eigenvalue weighted by Gasteiger charge is 2.13. The van der Waals surface area contributed by atoms with Crippen LogP contribution in [0, 0.1) is 25.5 Å². The van der Waals surface area contributed by atoms with Gasteiger partial charge in [-0.05, 0) is 26.0 Å². The van der Waals surface area contributed by atoms with Gasteiger partial charge in [0.15, 0.2) is 5.82 Å². The highest BCUT2D eigenvalue weighted by molar-refractivity contribution is 6.31. The van der Waals surface area contributed by atoms with Gasteiger partial charge in [0.1, 0.15) is 23.8 Å². The van der Waals surface area contributed by atoms with E-state index in [0.29, 0.717) is 16.4 Å². The molecule has 0 saturated heterocycles. The van der Waals surface area contributed by atoms with E-state index in [-0.39, 0.29) is 23.9 Å². The molecule has 0 unspecified atom stereocenters. The molecule has 2 aromatic heterocycles. The zero-order chi connectivity index (χ0) is 17.3. The molecular formula is C15H12ClF2N5O. The molecule has 0 fully saturated rings. The number of benzene rings is 1. The highest BCUT2D eigenvalue weighted by atomic mass is 35.5. The van der Waals surface area contributed by atoms with E-state index in [1.807, 2.05) is 0 Å². The van der Waals surface area contributed by atoms with Gasteiger partial charge in [0.25, 0.3) is 0 Å². The monoisotopic (exact) mass is 351 g/mol. The summed E-state index contributed by atoms with van der Waals surface area (Å²) < 4.78 is 34.0. The minimum Gasteiger partial charge on any atom is -0.457 e. The van der Waals surface area contributed by atoms with E-state index in [9.17, 15) is 8.78 Å². The first kappa shape index (κ1) is 16.3. The van der Waals surface area contributed by atoms with Gasteiger partial charge in [-0.15, -0.1) is 5.10 Å². The summed E-state index contributed by atoms with van der Waals surface area (Å²) in [5.74, 6) is -1.31. The number of hydrogen-bond acceptors (Lipinski definition) is 5. The minimum atomic E-state index is -0.691. The molecule has 0 radical (unpaired) electrons. The first-order valence-electron chi connectivity index (χ1n) is 6.94. The highest BCUT2D eigenvalue weighted by Crippen LogP contribution is 2.19. The second-order valence-electron chi connectivity index (χ2n) is 5.03. The Morgan fingerprint density at radius 3 is 2.79 bits per heavy atom. The summed E-state index contributed by atoms with van der Waals surface area (Å²) in [5, 5.41) is 8.15. The molecule has 3 rings (SSSR count). The molecule has 6 nitrogen and oxygen atoms in total. The summed E-state index contributed by atoms with van der Waals surface area (Å²) in [5.41, 5.74) is 1.05. The summed E-state index contributed by atoms with van der Waals surface area (Å²) in [6.45, 7) is 3.13. The third kappa shape index (κ3) is 3.18. The van der Waals surface area contributed by atoms with Crippen LogP contribution in [-0.2, 0) is 6.61 Å². The van der Waals surface area contributed by atoms with Crippen molar-refractivity contribution < 1.29 is 13.5 Å². The van der Waals surface area contributed by atoms with E-state index < -0.39 is 11.6 Å². The summed E-state index contributed by atoms with van der Waals surface area (Å²) in [4.78, 5) is 8.00. The second-order valence-corrected chi connectivity index (χ2v) is 5.44. The lowest BCUT2D eigenvalue weighted by atomic mass is 10.2. The molecule has 0 atom stereocenters. The molecule has 3 aromatic rings. The van der Waals surface area contributed by atoms with Crippen molar-refractivity contribution in [1.82, 2.24) is 25.0 Å². The van der Waals surface area contributed by atoms with E-state index in [0.717, 1.165) is 0 Å². The fourth-order valence-corrected chi connectivity index (χ4v) is 2.04. The second kappa shape index (κ2) is 6.48. The number of rotatable bonds is 4. The molecule has 0 bridgehead atoms. The maximum absolute atomic E-state index is 14.1. The average molecular weight is 352 g/mol. The Balaban J connectivity index is 1.76. The first-order chi connectivity index (χ1) is 11.5. The molecule has 0 amide bonds. The van der Waals surface area contributed by atoms with Gasteiger partial charge in [-0.3, -0.25) is 0 Å². The van der Waals surface area contributed by atoms with Crippen LogP contribution in [0.25, 0.3) is 5.69 Å². The number of halogens is 3. The predicted molar refractivity (Wildman–Crippen MR) is 82.1 cm³/mol. The number of hydrogen-bond donors (Lipinski definition) is 0. The van der Waals surface area contributed by atoms with Gasteiger partial charge in [0.05, 0.1) is 23.1 Å². The third-order valence-corrected chi connectivity index (χ3v) is 3.71. The van der Waals surface area contributed by atoms with E-state index in [4.69, 9.17) is 16.3 Å². The van der Waals surface area contributed by atoms with Crippen molar-refractivity contribution >= 4 is 11.6 Å². The Kier molecular flexibility index (Phi) is 4.39. The van der Waals surface area contributed by atoms with Crippen molar-refractivity contribution in [3.05, 3.63) is 58.1 Å². The zero-order valence-electron chi connectivity index (χ0n) is 12.8. The van der Waals surface area contributed by atoms with Gasteiger partial charge >= 0.3 is 6.01 Å². The van der Waals surface area contributed by atoms with Crippen LogP contribution in [0.2, 0.25) is 5.02 Å². The molecule has 0 aliphatic carbocycles. The molecule has 0 aliphatic rings. The smallest absolute Gasteiger partial charge is 0.317 e. The molecule has 124 valence electrons. The SMILES string of the molecule is Cc1nc(OCc2cn(-c3ccc(F)c(C)c3F)nn2)ncc1Cl. The van der Waals surface area contributed by atoms with Crippen molar-refractivity contribution in [2.75, 3.05) is 0 Å².